The number of nitrogens with zero attached hydrogens (tertiary/aromatic N) is 3. The second-order valence-corrected chi connectivity index (χ2v) is 11.4. The van der Waals surface area contributed by atoms with Crippen molar-refractivity contribution in [3.63, 3.8) is 0 Å². The van der Waals surface area contributed by atoms with E-state index in [0.29, 0.717) is 21.8 Å². The van der Waals surface area contributed by atoms with Crippen molar-refractivity contribution in [2.75, 3.05) is 33.1 Å². The lowest BCUT2D eigenvalue weighted by molar-refractivity contribution is -0.148. The highest BCUT2D eigenvalue weighted by atomic mass is 32.1. The van der Waals surface area contributed by atoms with Gasteiger partial charge in [0, 0.05) is 42.9 Å². The number of aromatic nitrogens is 1. The van der Waals surface area contributed by atoms with Gasteiger partial charge in [-0.1, -0.05) is 0 Å². The van der Waals surface area contributed by atoms with Crippen LogP contribution >= 0.6 is 11.3 Å². The minimum Gasteiger partial charge on any atom is -0.510 e. The Hall–Kier alpha value is -3.54. The quantitative estimate of drug-likeness (QED) is 0.426. The van der Waals surface area contributed by atoms with E-state index in [2.05, 4.69) is 4.98 Å². The molecule has 200 valence electrons. The van der Waals surface area contributed by atoms with Gasteiger partial charge in [0.15, 0.2) is 17.2 Å². The van der Waals surface area contributed by atoms with Gasteiger partial charge < -0.3 is 25.3 Å². The smallest absolute Gasteiger partial charge is 0.209 e. The molecular formula is C27H29N3O7S. The van der Waals surface area contributed by atoms with Gasteiger partial charge in [0.2, 0.25) is 5.78 Å². The summed E-state index contributed by atoms with van der Waals surface area (Å²) in [6.07, 6.45) is 1.90. The summed E-state index contributed by atoms with van der Waals surface area (Å²) >= 11 is 1.29. The van der Waals surface area contributed by atoms with Crippen LogP contribution in [-0.2, 0) is 16.0 Å². The third-order valence-corrected chi connectivity index (χ3v) is 8.76. The minimum absolute atomic E-state index is 0.0150. The lowest BCUT2D eigenvalue weighted by Crippen LogP contribution is -2.63. The number of Topliss-reactive ketones (excluding diaryl/α,β-unsaturated/α-hetero) is 3. The Morgan fingerprint density at radius 3 is 2.39 bits per heavy atom. The summed E-state index contributed by atoms with van der Waals surface area (Å²) in [5.74, 6) is -5.80. The molecule has 5 rings (SSSR count). The summed E-state index contributed by atoms with van der Waals surface area (Å²) in [6, 6.07) is 0.819. The number of hydrogen-bond acceptors (Lipinski definition) is 11. The van der Waals surface area contributed by atoms with Gasteiger partial charge in [-0.2, -0.15) is 0 Å². The number of ketones is 3. The zero-order valence-electron chi connectivity index (χ0n) is 21.6. The summed E-state index contributed by atoms with van der Waals surface area (Å²) in [4.78, 5) is 47.5. The van der Waals surface area contributed by atoms with Crippen molar-refractivity contribution in [1.82, 2.24) is 9.88 Å². The zero-order valence-corrected chi connectivity index (χ0v) is 22.5. The molecule has 0 saturated heterocycles. The summed E-state index contributed by atoms with van der Waals surface area (Å²) in [6.45, 7) is 1.10. The van der Waals surface area contributed by atoms with Crippen molar-refractivity contribution in [3.8, 4) is 16.3 Å². The Labute approximate surface area is 223 Å². The normalized spacial score (nSPS) is 26.9. The van der Waals surface area contributed by atoms with Crippen LogP contribution in [0.15, 0.2) is 40.3 Å². The molecule has 0 radical (unpaired) electrons. The molecule has 0 aliphatic heterocycles. The highest BCUT2D eigenvalue weighted by Crippen LogP contribution is 2.54. The van der Waals surface area contributed by atoms with Crippen molar-refractivity contribution in [2.24, 2.45) is 11.8 Å². The number of rotatable bonds is 4. The molecular weight excluding hydrogens is 510 g/mol. The summed E-state index contributed by atoms with van der Waals surface area (Å²) in [7, 11) is 6.90. The van der Waals surface area contributed by atoms with Gasteiger partial charge in [-0.3, -0.25) is 19.3 Å². The van der Waals surface area contributed by atoms with Crippen molar-refractivity contribution in [2.45, 2.75) is 31.4 Å². The summed E-state index contributed by atoms with van der Waals surface area (Å²) in [5, 5.41) is 47.7. The molecule has 10 nitrogen and oxygen atoms in total. The first kappa shape index (κ1) is 26.1. The Bertz CT molecular complexity index is 1460. The van der Waals surface area contributed by atoms with Gasteiger partial charge >= 0.3 is 0 Å². The van der Waals surface area contributed by atoms with Crippen molar-refractivity contribution in [1.29, 1.82) is 0 Å². The molecule has 38 heavy (non-hydrogen) atoms. The maximum Gasteiger partial charge on any atom is 0.209 e. The van der Waals surface area contributed by atoms with E-state index >= 15 is 0 Å². The van der Waals surface area contributed by atoms with Crippen LogP contribution in [0.3, 0.4) is 0 Å². The Morgan fingerprint density at radius 1 is 1.16 bits per heavy atom. The van der Waals surface area contributed by atoms with Gasteiger partial charge in [0.25, 0.3) is 0 Å². The van der Waals surface area contributed by atoms with E-state index < -0.39 is 57.9 Å². The molecule has 1 aromatic carbocycles. The highest BCUT2D eigenvalue weighted by molar-refractivity contribution is 7.13. The van der Waals surface area contributed by atoms with Crippen molar-refractivity contribution < 1.29 is 34.8 Å². The topological polar surface area (TPSA) is 152 Å². The Balaban J connectivity index is 1.76. The van der Waals surface area contributed by atoms with Crippen LogP contribution in [0.5, 0.6) is 5.75 Å². The van der Waals surface area contributed by atoms with E-state index in [0.717, 1.165) is 6.92 Å². The third kappa shape index (κ3) is 3.38. The number of phenols is 1. The van der Waals surface area contributed by atoms with Gasteiger partial charge in [-0.25, -0.2) is 4.98 Å². The molecule has 0 amide bonds. The number of allylic oxidation sites excluding steroid dienone is 1. The fourth-order valence-electron chi connectivity index (χ4n) is 6.32. The lowest BCUT2D eigenvalue weighted by atomic mass is 9.58. The van der Waals surface area contributed by atoms with Crippen LogP contribution in [0.1, 0.15) is 29.3 Å². The van der Waals surface area contributed by atoms with E-state index in [1.54, 1.807) is 36.6 Å². The maximum absolute atomic E-state index is 14.0. The number of fused-ring (bicyclic) bond motifs is 3. The Morgan fingerprint density at radius 2 is 1.84 bits per heavy atom. The van der Waals surface area contributed by atoms with E-state index in [4.69, 9.17) is 0 Å². The number of phenolic OH excluding ortho intramolecular Hbond substituents is 1. The number of aliphatic hydroxyl groups is 3. The molecule has 3 aliphatic carbocycles. The van der Waals surface area contributed by atoms with Gasteiger partial charge in [-0.15, -0.1) is 11.3 Å². The number of aromatic hydroxyl groups is 1. The Kier molecular flexibility index (Phi) is 6.01. The van der Waals surface area contributed by atoms with E-state index in [1.807, 2.05) is 19.0 Å². The molecule has 11 heteroatoms. The molecule has 0 saturated carbocycles. The second kappa shape index (κ2) is 8.75. The highest BCUT2D eigenvalue weighted by Gasteiger charge is 2.63. The minimum atomic E-state index is -2.59. The standard InChI is InChI=1S/C27H29N3O7S/c1-11(31)17-23(34)20(30(4)5)15-9-12-8-13-16(29(2)3)10-14(26-28-6-7-38-26)21(32)19(13)22(33)18(12)25(36)27(15,37)24(17)35/h6-7,10,12,15,20,32,34,36-37H,8-9H2,1-5H3/t12-,15-,20-,27+/m0/s1. The first-order chi connectivity index (χ1) is 17.8. The first-order valence-electron chi connectivity index (χ1n) is 12.1. The van der Waals surface area contributed by atoms with Crippen LogP contribution < -0.4 is 4.90 Å². The fourth-order valence-corrected chi connectivity index (χ4v) is 6.97. The average Bonchev–Trinajstić information content (AvgIpc) is 3.35. The molecule has 0 spiro atoms. The number of anilines is 1. The number of carbonyl (C=O) groups is 3. The molecule has 1 aromatic heterocycles. The largest absolute Gasteiger partial charge is 0.510 e. The van der Waals surface area contributed by atoms with Crippen LogP contribution in [0.4, 0.5) is 5.69 Å². The van der Waals surface area contributed by atoms with E-state index in [9.17, 15) is 34.8 Å². The number of thiazole rings is 1. The van der Waals surface area contributed by atoms with Crippen LogP contribution in [0.25, 0.3) is 10.6 Å². The zero-order chi connectivity index (χ0) is 27.8. The van der Waals surface area contributed by atoms with Crippen LogP contribution in [0.2, 0.25) is 0 Å². The molecule has 4 N–H and O–H groups in total. The van der Waals surface area contributed by atoms with Crippen molar-refractivity contribution in [3.05, 3.63) is 51.4 Å². The summed E-state index contributed by atoms with van der Waals surface area (Å²) in [5.41, 5.74) is -1.73. The van der Waals surface area contributed by atoms with Crippen LogP contribution in [0, 0.1) is 11.8 Å². The predicted molar refractivity (Wildman–Crippen MR) is 141 cm³/mol. The fraction of sp³-hybridized carbons (Fsp3) is 0.407. The lowest BCUT2D eigenvalue weighted by Gasteiger charge is -2.50. The molecule has 3 aliphatic rings. The summed E-state index contributed by atoms with van der Waals surface area (Å²) < 4.78 is 0. The molecule has 0 fully saturated rings. The van der Waals surface area contributed by atoms with E-state index in [-0.39, 0.29) is 29.7 Å². The van der Waals surface area contributed by atoms with Gasteiger partial charge in [-0.05, 0) is 51.4 Å². The molecule has 0 bridgehead atoms. The maximum atomic E-state index is 14.0. The number of hydrogen-bond donors (Lipinski definition) is 4. The van der Waals surface area contributed by atoms with Gasteiger partial charge in [0.05, 0.1) is 17.2 Å². The third-order valence-electron chi connectivity index (χ3n) is 7.95. The number of carbonyl (C=O) groups excluding carboxylic acids is 3. The molecule has 4 atom stereocenters. The van der Waals surface area contributed by atoms with E-state index in [1.165, 1.54) is 11.3 Å². The van der Waals surface area contributed by atoms with Gasteiger partial charge in [0.1, 0.15) is 27.8 Å². The SMILES string of the molecule is CC(=O)C1=C(O)[C@@H](N(C)C)[C@@H]2C[C@@H]3Cc4c(N(C)C)cc(-c5nccs5)c(O)c4C(=O)C3=C(O)[C@]2(O)C1=O. The second-order valence-electron chi connectivity index (χ2n) is 10.5. The van der Waals surface area contributed by atoms with Crippen molar-refractivity contribution >= 4 is 34.4 Å². The number of benzene rings is 1. The van der Waals surface area contributed by atoms with Crippen LogP contribution in [-0.4, -0.2) is 87.5 Å². The molecule has 2 aromatic rings. The predicted octanol–water partition coefficient (Wildman–Crippen LogP) is 2.41. The number of aliphatic hydroxyl groups excluding tert-OH is 2. The molecule has 1 heterocycles. The monoisotopic (exact) mass is 539 g/mol. The average molecular weight is 540 g/mol. The number of likely N-dealkylation sites (N-methyl/N-ethyl adjacent to an activating group) is 1. The first-order valence-corrected chi connectivity index (χ1v) is 13.0. The molecule has 0 unspecified atom stereocenters.